The summed E-state index contributed by atoms with van der Waals surface area (Å²) in [4.78, 5) is 28.0. The largest absolute Gasteiger partial charge is 0.352 e. The van der Waals surface area contributed by atoms with Crippen molar-refractivity contribution in [3.63, 3.8) is 0 Å². The summed E-state index contributed by atoms with van der Waals surface area (Å²) in [6.45, 7) is 1.09. The van der Waals surface area contributed by atoms with Crippen molar-refractivity contribution in [2.75, 3.05) is 17.1 Å². The molecule has 0 aromatic heterocycles. The Hall–Kier alpha value is -1.71. The Bertz CT molecular complexity index is 1240. The normalized spacial score (nSPS) is 14.9. The maximum atomic E-state index is 13.6. The van der Waals surface area contributed by atoms with Crippen molar-refractivity contribution in [2.24, 2.45) is 0 Å². The lowest BCUT2D eigenvalue weighted by molar-refractivity contribution is -0.139. The van der Waals surface area contributed by atoms with Gasteiger partial charge in [-0.25, -0.2) is 8.42 Å². The van der Waals surface area contributed by atoms with E-state index in [-0.39, 0.29) is 34.2 Å². The van der Waals surface area contributed by atoms with E-state index < -0.39 is 28.5 Å². The number of nitrogens with one attached hydrogen (secondary N) is 1. The van der Waals surface area contributed by atoms with E-state index in [2.05, 4.69) is 5.32 Å². The van der Waals surface area contributed by atoms with Crippen LogP contribution in [0.2, 0.25) is 20.1 Å². The van der Waals surface area contributed by atoms with Crippen LogP contribution < -0.4 is 9.62 Å². The second-order valence-corrected chi connectivity index (χ2v) is 12.3. The average Bonchev–Trinajstić information content (AvgIpc) is 3.31. The molecule has 1 aliphatic carbocycles. The molecule has 0 spiro atoms. The number of nitrogens with zero attached hydrogens (tertiary/aromatic N) is 2. The van der Waals surface area contributed by atoms with Gasteiger partial charge in [-0.2, -0.15) is 0 Å². The lowest BCUT2D eigenvalue weighted by atomic mass is 10.1. The summed E-state index contributed by atoms with van der Waals surface area (Å²) in [6.07, 6.45) is 4.84. The first-order chi connectivity index (χ1) is 16.9. The molecule has 0 unspecified atom stereocenters. The number of hydrogen-bond donors (Lipinski definition) is 1. The highest BCUT2D eigenvalue weighted by atomic mass is 35.5. The molecule has 196 valence electrons. The van der Waals surface area contributed by atoms with Gasteiger partial charge in [0, 0.05) is 12.6 Å². The van der Waals surface area contributed by atoms with Gasteiger partial charge in [0.15, 0.2) is 0 Å². The van der Waals surface area contributed by atoms with Gasteiger partial charge in [-0.15, -0.1) is 0 Å². The lowest BCUT2D eigenvalue weighted by Crippen LogP contribution is -2.52. The van der Waals surface area contributed by atoms with Crippen molar-refractivity contribution < 1.29 is 18.0 Å². The number of rotatable bonds is 9. The molecule has 2 aromatic carbocycles. The quantitative estimate of drug-likeness (QED) is 0.413. The molecule has 0 aliphatic heterocycles. The molecule has 0 bridgehead atoms. The highest BCUT2D eigenvalue weighted by Gasteiger charge is 2.31. The molecule has 12 heteroatoms. The summed E-state index contributed by atoms with van der Waals surface area (Å²) in [5, 5.41) is 4.06. The first-order valence-corrected chi connectivity index (χ1v) is 14.7. The van der Waals surface area contributed by atoms with Crippen LogP contribution in [0.3, 0.4) is 0 Å². The van der Waals surface area contributed by atoms with E-state index in [1.807, 2.05) is 0 Å². The van der Waals surface area contributed by atoms with E-state index >= 15 is 0 Å². The Balaban J connectivity index is 1.91. The molecule has 1 saturated carbocycles. The summed E-state index contributed by atoms with van der Waals surface area (Å²) in [7, 11) is -3.88. The van der Waals surface area contributed by atoms with Crippen molar-refractivity contribution in [2.45, 2.75) is 51.2 Å². The zero-order valence-corrected chi connectivity index (χ0v) is 23.6. The first kappa shape index (κ1) is 28.9. The molecule has 3 rings (SSSR count). The van der Waals surface area contributed by atoms with Crippen molar-refractivity contribution in [1.82, 2.24) is 10.2 Å². The molecule has 0 radical (unpaired) electrons. The van der Waals surface area contributed by atoms with Gasteiger partial charge in [0.1, 0.15) is 12.6 Å². The zero-order chi connectivity index (χ0) is 26.6. The van der Waals surface area contributed by atoms with Crippen LogP contribution in [0.15, 0.2) is 36.4 Å². The minimum atomic E-state index is -3.88. The molecular weight excluding hydrogens is 568 g/mol. The van der Waals surface area contributed by atoms with Crippen LogP contribution in [0.4, 0.5) is 5.69 Å². The van der Waals surface area contributed by atoms with Crippen LogP contribution >= 0.6 is 46.4 Å². The third kappa shape index (κ3) is 7.42. The van der Waals surface area contributed by atoms with E-state index in [9.17, 15) is 18.0 Å². The Labute approximate surface area is 231 Å². The molecule has 1 fully saturated rings. The van der Waals surface area contributed by atoms with Crippen LogP contribution in [-0.4, -0.2) is 50.0 Å². The van der Waals surface area contributed by atoms with Gasteiger partial charge in [-0.3, -0.25) is 13.9 Å². The van der Waals surface area contributed by atoms with Gasteiger partial charge in [-0.1, -0.05) is 65.3 Å². The summed E-state index contributed by atoms with van der Waals surface area (Å²) in [5.74, 6) is -0.887. The molecule has 7 nitrogen and oxygen atoms in total. The SMILES string of the molecule is C[C@H](C(=O)NC1CCCC1)N(Cc1ccc(Cl)c(Cl)c1)C(=O)CN(c1ccc(Cl)c(Cl)c1)S(C)(=O)=O. The van der Waals surface area contributed by atoms with Gasteiger partial charge in [-0.05, 0) is 55.7 Å². The number of benzene rings is 2. The standard InChI is InChI=1S/C24H27Cl4N3O4S/c1-15(24(33)29-17-5-3-4-6-17)30(13-16-7-9-19(25)21(27)11-16)23(32)14-31(36(2,34)35)18-8-10-20(26)22(28)12-18/h7-12,15,17H,3-6,13-14H2,1-2H3,(H,29,33)/t15-/m1/s1. The fourth-order valence-electron chi connectivity index (χ4n) is 4.06. The molecule has 2 amide bonds. The second-order valence-electron chi connectivity index (χ2n) is 8.80. The van der Waals surface area contributed by atoms with Crippen molar-refractivity contribution >= 4 is 73.9 Å². The predicted molar refractivity (Wildman–Crippen MR) is 146 cm³/mol. The maximum absolute atomic E-state index is 13.6. The van der Waals surface area contributed by atoms with Gasteiger partial charge in [0.25, 0.3) is 0 Å². The molecule has 36 heavy (non-hydrogen) atoms. The van der Waals surface area contributed by atoms with Crippen molar-refractivity contribution in [3.8, 4) is 0 Å². The number of halogens is 4. The average molecular weight is 595 g/mol. The van der Waals surface area contributed by atoms with Gasteiger partial charge >= 0.3 is 0 Å². The number of carbonyl (C=O) groups is 2. The highest BCUT2D eigenvalue weighted by Crippen LogP contribution is 2.29. The molecule has 2 aromatic rings. The number of carbonyl (C=O) groups excluding carboxylic acids is 2. The van der Waals surface area contributed by atoms with Crippen LogP contribution in [0, 0.1) is 0 Å². The number of hydrogen-bond acceptors (Lipinski definition) is 4. The van der Waals surface area contributed by atoms with Crippen LogP contribution in [0.5, 0.6) is 0 Å². The second kappa shape index (κ2) is 12.2. The Morgan fingerprint density at radius 3 is 2.11 bits per heavy atom. The van der Waals surface area contributed by atoms with Gasteiger partial charge in [0.05, 0.1) is 32.0 Å². The van der Waals surface area contributed by atoms with Crippen LogP contribution in [0.1, 0.15) is 38.2 Å². The van der Waals surface area contributed by atoms with Crippen molar-refractivity contribution in [1.29, 1.82) is 0 Å². The molecule has 0 heterocycles. The Morgan fingerprint density at radius 2 is 1.56 bits per heavy atom. The Morgan fingerprint density at radius 1 is 0.972 bits per heavy atom. The molecular formula is C24H27Cl4N3O4S. The van der Waals surface area contributed by atoms with E-state index in [4.69, 9.17) is 46.4 Å². The van der Waals surface area contributed by atoms with E-state index in [0.717, 1.165) is 36.2 Å². The van der Waals surface area contributed by atoms with Crippen molar-refractivity contribution in [3.05, 3.63) is 62.1 Å². The predicted octanol–water partition coefficient (Wildman–Crippen LogP) is 5.54. The van der Waals surface area contributed by atoms with Crippen LogP contribution in [-0.2, 0) is 26.2 Å². The number of sulfonamides is 1. The fourth-order valence-corrected chi connectivity index (χ4v) is 5.52. The zero-order valence-electron chi connectivity index (χ0n) is 19.8. The summed E-state index contributed by atoms with van der Waals surface area (Å²) < 4.78 is 26.2. The van der Waals surface area contributed by atoms with Gasteiger partial charge < -0.3 is 10.2 Å². The topological polar surface area (TPSA) is 86.8 Å². The minimum Gasteiger partial charge on any atom is -0.352 e. The number of amides is 2. The lowest BCUT2D eigenvalue weighted by Gasteiger charge is -2.32. The summed E-state index contributed by atoms with van der Waals surface area (Å²) in [5.41, 5.74) is 0.816. The van der Waals surface area contributed by atoms with Crippen LogP contribution in [0.25, 0.3) is 0 Å². The smallest absolute Gasteiger partial charge is 0.244 e. The highest BCUT2D eigenvalue weighted by molar-refractivity contribution is 7.92. The molecule has 1 atom stereocenters. The Kier molecular flexibility index (Phi) is 9.80. The molecule has 1 N–H and O–H groups in total. The molecule has 1 aliphatic rings. The molecule has 0 saturated heterocycles. The monoisotopic (exact) mass is 593 g/mol. The third-order valence-corrected chi connectivity index (χ3v) is 8.69. The summed E-state index contributed by atoms with van der Waals surface area (Å²) >= 11 is 24.3. The fraction of sp³-hybridized carbons (Fsp3) is 0.417. The van der Waals surface area contributed by atoms with E-state index in [1.54, 1.807) is 25.1 Å². The maximum Gasteiger partial charge on any atom is 0.244 e. The minimum absolute atomic E-state index is 0.0218. The van der Waals surface area contributed by atoms with E-state index in [0.29, 0.717) is 15.6 Å². The first-order valence-electron chi connectivity index (χ1n) is 11.3. The number of anilines is 1. The summed E-state index contributed by atoms with van der Waals surface area (Å²) in [6, 6.07) is 8.38. The third-order valence-electron chi connectivity index (χ3n) is 6.08. The van der Waals surface area contributed by atoms with E-state index in [1.165, 1.54) is 23.1 Å². The van der Waals surface area contributed by atoms with Gasteiger partial charge in [0.2, 0.25) is 21.8 Å².